The van der Waals surface area contributed by atoms with Crippen molar-refractivity contribution in [1.82, 2.24) is 15.0 Å². The molecule has 0 spiro atoms. The number of fused-ring (bicyclic) bond motifs is 1. The Balaban J connectivity index is 1.60. The number of sulfone groups is 1. The smallest absolute Gasteiger partial charge is 0.257 e. The van der Waals surface area contributed by atoms with Gasteiger partial charge in [0.05, 0.1) is 22.9 Å². The average Bonchev–Trinajstić information content (AvgIpc) is 3.64. The number of aromatic nitrogens is 3. The van der Waals surface area contributed by atoms with Gasteiger partial charge in [0, 0.05) is 31.0 Å². The number of rotatable bonds is 6. The van der Waals surface area contributed by atoms with Crippen molar-refractivity contribution in [3.05, 3.63) is 42.1 Å². The molecular weight excluding hydrogens is 508 g/mol. The van der Waals surface area contributed by atoms with Crippen molar-refractivity contribution in [2.75, 3.05) is 23.5 Å². The molecule has 2 N–H and O–H groups in total. The predicted molar refractivity (Wildman–Crippen MR) is 139 cm³/mol. The van der Waals surface area contributed by atoms with E-state index in [1.165, 1.54) is 19.2 Å². The first-order chi connectivity index (χ1) is 17.9. The molecule has 0 bridgehead atoms. The number of anilines is 3. The van der Waals surface area contributed by atoms with Gasteiger partial charge in [0.15, 0.2) is 20.6 Å². The number of pyridine rings is 3. The van der Waals surface area contributed by atoms with Crippen LogP contribution in [0.15, 0.2) is 41.6 Å². The maximum absolute atomic E-state index is 12.4. The van der Waals surface area contributed by atoms with Crippen LogP contribution in [-0.2, 0) is 20.0 Å². The van der Waals surface area contributed by atoms with Crippen LogP contribution >= 0.6 is 0 Å². The second-order valence-corrected chi connectivity index (χ2v) is 12.1. The molecule has 0 aromatic carbocycles. The molecule has 1 aliphatic carbocycles. The Bertz CT molecular complexity index is 1610. The molecule has 11 nitrogen and oxygen atoms in total. The van der Waals surface area contributed by atoms with Crippen LogP contribution in [0.1, 0.15) is 39.2 Å². The molecule has 4 heterocycles. The highest BCUT2D eigenvalue weighted by molar-refractivity contribution is 7.90. The Morgan fingerprint density at radius 2 is 1.89 bits per heavy atom. The standard InChI is InChI=1S/C26H26N6O5S/c1-15(33)29-21-11-19(17(12-28-21)18-5-6-20-24(31-18)36-14-25(2,3)37-20)30-22-9-16(26(13-27)7-8-26)10-23(32-22)38(4,34)35/h5-6,9-12H,7-8,14H2,1-4H3,(H2,28,29,30,32,33). The van der Waals surface area contributed by atoms with Gasteiger partial charge in [-0.3, -0.25) is 4.79 Å². The Kier molecular flexibility index (Phi) is 5.99. The summed E-state index contributed by atoms with van der Waals surface area (Å²) in [7, 11) is -3.66. The van der Waals surface area contributed by atoms with Gasteiger partial charge >= 0.3 is 0 Å². The Morgan fingerprint density at radius 3 is 2.55 bits per heavy atom. The highest BCUT2D eigenvalue weighted by Gasteiger charge is 2.45. The number of nitrogens with zero attached hydrogens (tertiary/aromatic N) is 4. The maximum Gasteiger partial charge on any atom is 0.257 e. The Labute approximate surface area is 220 Å². The number of nitrogens with one attached hydrogen (secondary N) is 2. The molecule has 0 saturated heterocycles. The van der Waals surface area contributed by atoms with Crippen LogP contribution in [0.5, 0.6) is 11.6 Å². The fourth-order valence-corrected chi connectivity index (χ4v) is 4.71. The molecular formula is C26H26N6O5S. The lowest BCUT2D eigenvalue weighted by Gasteiger charge is -2.31. The van der Waals surface area contributed by atoms with E-state index < -0.39 is 20.9 Å². The van der Waals surface area contributed by atoms with E-state index in [2.05, 4.69) is 31.7 Å². The molecule has 2 aliphatic rings. The number of nitriles is 1. The number of ether oxygens (including phenoxy) is 2. The normalized spacial score (nSPS) is 16.7. The second kappa shape index (κ2) is 8.95. The van der Waals surface area contributed by atoms with E-state index in [-0.39, 0.29) is 22.6 Å². The molecule has 1 amide bonds. The monoisotopic (exact) mass is 534 g/mol. The molecule has 1 fully saturated rings. The minimum atomic E-state index is -3.66. The number of hydrogen-bond acceptors (Lipinski definition) is 10. The maximum atomic E-state index is 12.4. The average molecular weight is 535 g/mol. The molecule has 38 heavy (non-hydrogen) atoms. The van der Waals surface area contributed by atoms with Crippen LogP contribution in [0, 0.1) is 11.3 Å². The molecule has 196 valence electrons. The van der Waals surface area contributed by atoms with Crippen LogP contribution in [-0.4, -0.2) is 47.7 Å². The predicted octanol–water partition coefficient (Wildman–Crippen LogP) is 3.75. The summed E-state index contributed by atoms with van der Waals surface area (Å²) in [4.78, 5) is 24.9. The van der Waals surface area contributed by atoms with Crippen molar-refractivity contribution >= 4 is 33.1 Å². The van der Waals surface area contributed by atoms with Crippen molar-refractivity contribution in [3.8, 4) is 29.0 Å². The molecule has 5 rings (SSSR count). The summed E-state index contributed by atoms with van der Waals surface area (Å²) >= 11 is 0. The zero-order valence-corrected chi connectivity index (χ0v) is 22.1. The van der Waals surface area contributed by atoms with Crippen LogP contribution in [0.3, 0.4) is 0 Å². The summed E-state index contributed by atoms with van der Waals surface area (Å²) in [6, 6.07) is 10.5. The molecule has 0 atom stereocenters. The Morgan fingerprint density at radius 1 is 1.13 bits per heavy atom. The first kappa shape index (κ1) is 25.4. The Hall–Kier alpha value is -4.24. The fraction of sp³-hybridized carbons (Fsp3) is 0.346. The molecule has 0 radical (unpaired) electrons. The summed E-state index contributed by atoms with van der Waals surface area (Å²) in [5.74, 6) is 1.05. The summed E-state index contributed by atoms with van der Waals surface area (Å²) in [6.07, 6.45) is 3.89. The van der Waals surface area contributed by atoms with E-state index in [0.29, 0.717) is 53.6 Å². The van der Waals surface area contributed by atoms with Gasteiger partial charge in [-0.15, -0.1) is 0 Å². The van der Waals surface area contributed by atoms with E-state index in [1.807, 2.05) is 13.8 Å². The van der Waals surface area contributed by atoms with E-state index >= 15 is 0 Å². The number of amides is 1. The third-order valence-corrected chi connectivity index (χ3v) is 7.18. The molecule has 12 heteroatoms. The van der Waals surface area contributed by atoms with Gasteiger partial charge in [0.25, 0.3) is 5.88 Å². The highest BCUT2D eigenvalue weighted by Crippen LogP contribution is 2.48. The highest BCUT2D eigenvalue weighted by atomic mass is 32.2. The number of hydrogen-bond donors (Lipinski definition) is 2. The minimum absolute atomic E-state index is 0.142. The van der Waals surface area contributed by atoms with Gasteiger partial charge in [-0.25, -0.2) is 23.4 Å². The SMILES string of the molecule is CC(=O)Nc1cc(Nc2cc(C3(C#N)CC3)cc(S(C)(=O)=O)n2)c(-c2ccc3c(n2)OCC(C)(C)O3)cn1. The van der Waals surface area contributed by atoms with Crippen molar-refractivity contribution < 1.29 is 22.7 Å². The van der Waals surface area contributed by atoms with E-state index in [9.17, 15) is 18.5 Å². The van der Waals surface area contributed by atoms with E-state index in [1.54, 1.807) is 24.3 Å². The van der Waals surface area contributed by atoms with Crippen LogP contribution in [0.4, 0.5) is 17.3 Å². The molecule has 3 aromatic rings. The van der Waals surface area contributed by atoms with Crippen molar-refractivity contribution in [1.29, 1.82) is 5.26 Å². The third kappa shape index (κ3) is 5.10. The lowest BCUT2D eigenvalue weighted by Crippen LogP contribution is -2.39. The van der Waals surface area contributed by atoms with Gasteiger partial charge in [-0.1, -0.05) is 0 Å². The summed E-state index contributed by atoms with van der Waals surface area (Å²) in [5, 5.41) is 15.4. The van der Waals surface area contributed by atoms with Crippen molar-refractivity contribution in [2.45, 2.75) is 49.7 Å². The fourth-order valence-electron chi connectivity index (χ4n) is 4.10. The lowest BCUT2D eigenvalue weighted by atomic mass is 9.99. The summed E-state index contributed by atoms with van der Waals surface area (Å²) in [5.41, 5.74) is 0.874. The van der Waals surface area contributed by atoms with Gasteiger partial charge < -0.3 is 20.1 Å². The van der Waals surface area contributed by atoms with E-state index in [4.69, 9.17) is 9.47 Å². The largest absolute Gasteiger partial charge is 0.479 e. The lowest BCUT2D eigenvalue weighted by molar-refractivity contribution is -0.114. The van der Waals surface area contributed by atoms with Crippen molar-refractivity contribution in [3.63, 3.8) is 0 Å². The van der Waals surface area contributed by atoms with Gasteiger partial charge in [-0.2, -0.15) is 5.26 Å². The van der Waals surface area contributed by atoms with Gasteiger partial charge in [0.2, 0.25) is 5.91 Å². The third-order valence-electron chi connectivity index (χ3n) is 6.21. The topological polar surface area (TPSA) is 156 Å². The quantitative estimate of drug-likeness (QED) is 0.477. The molecule has 1 saturated carbocycles. The number of carbonyl (C=O) groups excluding carboxylic acids is 1. The minimum Gasteiger partial charge on any atom is -0.479 e. The zero-order valence-electron chi connectivity index (χ0n) is 21.3. The second-order valence-electron chi connectivity index (χ2n) is 10.1. The van der Waals surface area contributed by atoms with Crippen LogP contribution in [0.2, 0.25) is 0 Å². The van der Waals surface area contributed by atoms with Crippen LogP contribution in [0.25, 0.3) is 11.3 Å². The molecule has 1 aliphatic heterocycles. The van der Waals surface area contributed by atoms with E-state index in [0.717, 1.165) is 6.26 Å². The first-order valence-electron chi connectivity index (χ1n) is 11.9. The first-order valence-corrected chi connectivity index (χ1v) is 13.8. The zero-order chi connectivity index (χ0) is 27.3. The summed E-state index contributed by atoms with van der Waals surface area (Å²) in [6.45, 7) is 5.53. The van der Waals surface area contributed by atoms with Gasteiger partial charge in [-0.05, 0) is 56.5 Å². The van der Waals surface area contributed by atoms with Crippen molar-refractivity contribution in [2.24, 2.45) is 0 Å². The van der Waals surface area contributed by atoms with Gasteiger partial charge in [0.1, 0.15) is 23.8 Å². The van der Waals surface area contributed by atoms with Crippen LogP contribution < -0.4 is 20.1 Å². The molecule has 0 unspecified atom stereocenters. The number of carbonyl (C=O) groups is 1. The summed E-state index contributed by atoms with van der Waals surface area (Å²) < 4.78 is 36.6. The molecule has 3 aromatic heterocycles.